The van der Waals surface area contributed by atoms with E-state index in [0.717, 1.165) is 44.3 Å². The number of hydrogen-bond donors (Lipinski definition) is 0. The fourth-order valence-corrected chi connectivity index (χ4v) is 5.25. The first-order valence-corrected chi connectivity index (χ1v) is 14.7. The third kappa shape index (κ3) is 8.81. The zero-order chi connectivity index (χ0) is 29.6. The van der Waals surface area contributed by atoms with Crippen LogP contribution in [0.3, 0.4) is 0 Å². The Balaban J connectivity index is 1.53. The van der Waals surface area contributed by atoms with Crippen LogP contribution in [-0.4, -0.2) is 37.7 Å². The predicted octanol–water partition coefficient (Wildman–Crippen LogP) is 8.29. The monoisotopic (exact) mass is 565 g/mol. The third-order valence-corrected chi connectivity index (χ3v) is 7.36. The molecular weight excluding hydrogens is 525 g/mol. The van der Waals surface area contributed by atoms with Crippen LogP contribution in [0.1, 0.15) is 54.4 Å². The van der Waals surface area contributed by atoms with Crippen LogP contribution >= 0.6 is 0 Å². The number of nitrogens with zero attached hydrogens (tertiary/aromatic N) is 1. The maximum atomic E-state index is 14.3. The van der Waals surface area contributed by atoms with E-state index in [0.29, 0.717) is 0 Å². The molecule has 4 aromatic carbocycles. The minimum atomic E-state index is -0.545. The molecule has 0 saturated carbocycles. The highest BCUT2D eigenvalue weighted by atomic mass is 19.1. The number of methoxy groups -OCH3 is 1. The molecule has 218 valence electrons. The van der Waals surface area contributed by atoms with Gasteiger partial charge in [0.05, 0.1) is 7.11 Å². The number of halogens is 1. The fourth-order valence-electron chi connectivity index (χ4n) is 5.25. The first kappa shape index (κ1) is 30.6. The van der Waals surface area contributed by atoms with E-state index in [1.807, 2.05) is 6.07 Å². The SMILES string of the molecule is CC/C=C(/c1ccccc1)N(CCCc1ccc(F)c(OCC(=O)OC)c1)CCC(c1ccccc1)c1ccccc1. The molecule has 4 rings (SSSR count). The molecule has 0 fully saturated rings. The minimum absolute atomic E-state index is 0.0687. The molecule has 0 heterocycles. The third-order valence-electron chi connectivity index (χ3n) is 7.36. The summed E-state index contributed by atoms with van der Waals surface area (Å²) in [7, 11) is 1.28. The molecule has 0 N–H and O–H groups in total. The smallest absolute Gasteiger partial charge is 0.343 e. The Hall–Kier alpha value is -4.38. The molecule has 0 aromatic heterocycles. The maximum absolute atomic E-state index is 14.3. The van der Waals surface area contributed by atoms with E-state index in [9.17, 15) is 9.18 Å². The maximum Gasteiger partial charge on any atom is 0.343 e. The molecule has 0 aliphatic carbocycles. The Labute approximate surface area is 249 Å². The van der Waals surface area contributed by atoms with E-state index in [4.69, 9.17) is 4.74 Å². The summed E-state index contributed by atoms with van der Waals surface area (Å²) >= 11 is 0. The van der Waals surface area contributed by atoms with Crippen molar-refractivity contribution in [3.8, 4) is 5.75 Å². The molecule has 0 aliphatic heterocycles. The topological polar surface area (TPSA) is 38.8 Å². The minimum Gasteiger partial charge on any atom is -0.479 e. The molecule has 42 heavy (non-hydrogen) atoms. The summed E-state index contributed by atoms with van der Waals surface area (Å²) in [6.07, 6.45) is 5.83. The molecule has 0 aliphatic rings. The van der Waals surface area contributed by atoms with E-state index < -0.39 is 11.8 Å². The number of allylic oxidation sites excluding steroid dienone is 1. The van der Waals surface area contributed by atoms with Crippen LogP contribution in [0, 0.1) is 5.82 Å². The van der Waals surface area contributed by atoms with E-state index in [-0.39, 0.29) is 18.3 Å². The predicted molar refractivity (Wildman–Crippen MR) is 168 cm³/mol. The average Bonchev–Trinajstić information content (AvgIpc) is 3.04. The molecule has 0 radical (unpaired) electrons. The van der Waals surface area contributed by atoms with E-state index in [1.54, 1.807) is 12.1 Å². The van der Waals surface area contributed by atoms with Crippen molar-refractivity contribution >= 4 is 11.7 Å². The fraction of sp³-hybridized carbons (Fsp3) is 0.270. The van der Waals surface area contributed by atoms with Crippen LogP contribution in [0.15, 0.2) is 115 Å². The van der Waals surface area contributed by atoms with Crippen molar-refractivity contribution in [3.05, 3.63) is 143 Å². The first-order chi connectivity index (χ1) is 20.6. The molecule has 0 spiro atoms. The highest BCUT2D eigenvalue weighted by molar-refractivity contribution is 5.70. The van der Waals surface area contributed by atoms with Crippen molar-refractivity contribution in [2.75, 3.05) is 26.8 Å². The van der Waals surface area contributed by atoms with Crippen LogP contribution in [0.2, 0.25) is 0 Å². The second kappa shape index (κ2) is 16.2. The quantitative estimate of drug-likeness (QED) is 0.136. The number of carbonyl (C=O) groups excluding carboxylic acids is 1. The lowest BCUT2D eigenvalue weighted by atomic mass is 9.88. The van der Waals surface area contributed by atoms with Crippen LogP contribution in [-0.2, 0) is 16.0 Å². The summed E-state index contributed by atoms with van der Waals surface area (Å²) in [6.45, 7) is 3.57. The summed E-state index contributed by atoms with van der Waals surface area (Å²) in [4.78, 5) is 14.0. The second-order valence-corrected chi connectivity index (χ2v) is 10.2. The molecule has 0 atom stereocenters. The lowest BCUT2D eigenvalue weighted by Crippen LogP contribution is -2.26. The second-order valence-electron chi connectivity index (χ2n) is 10.2. The largest absolute Gasteiger partial charge is 0.479 e. The number of aryl methyl sites for hydroxylation is 1. The van der Waals surface area contributed by atoms with Gasteiger partial charge in [-0.3, -0.25) is 0 Å². The van der Waals surface area contributed by atoms with E-state index in [1.165, 1.54) is 35.6 Å². The molecule has 0 amide bonds. The normalized spacial score (nSPS) is 11.4. The number of ether oxygens (including phenoxy) is 2. The molecule has 0 bridgehead atoms. The first-order valence-electron chi connectivity index (χ1n) is 14.7. The molecule has 5 heteroatoms. The van der Waals surface area contributed by atoms with Gasteiger partial charge in [0.2, 0.25) is 0 Å². The zero-order valence-electron chi connectivity index (χ0n) is 24.5. The number of carbonyl (C=O) groups is 1. The summed E-state index contributed by atoms with van der Waals surface area (Å²) in [5.74, 6) is -0.690. The van der Waals surface area contributed by atoms with Crippen LogP contribution in [0.4, 0.5) is 4.39 Å². The summed E-state index contributed by atoms with van der Waals surface area (Å²) in [5.41, 5.74) is 6.03. The Morgan fingerprint density at radius 1 is 0.857 bits per heavy atom. The standard InChI is InChI=1S/C37H40FNO3/c1-3-14-35(32-20-11-6-12-21-32)39(25-13-15-29-22-23-34(38)36(27-29)42-28-37(40)41-2)26-24-33(30-16-7-4-8-17-30)31-18-9-5-10-19-31/h4-12,14,16-23,27,33H,3,13,15,24-26,28H2,1-2H3/b35-14-. The van der Waals surface area contributed by atoms with Gasteiger partial charge in [-0.15, -0.1) is 0 Å². The van der Waals surface area contributed by atoms with Crippen molar-refractivity contribution in [3.63, 3.8) is 0 Å². The van der Waals surface area contributed by atoms with E-state index >= 15 is 0 Å². The van der Waals surface area contributed by atoms with E-state index in [2.05, 4.69) is 108 Å². The van der Waals surface area contributed by atoms with Crippen molar-refractivity contribution in [2.45, 2.75) is 38.5 Å². The van der Waals surface area contributed by atoms with Gasteiger partial charge >= 0.3 is 5.97 Å². The van der Waals surface area contributed by atoms with Gasteiger partial charge in [0, 0.05) is 24.7 Å². The van der Waals surface area contributed by atoms with Crippen molar-refractivity contribution in [1.29, 1.82) is 0 Å². The van der Waals surface area contributed by atoms with Gasteiger partial charge in [0.25, 0.3) is 0 Å². The van der Waals surface area contributed by atoms with Crippen molar-refractivity contribution in [2.24, 2.45) is 0 Å². The van der Waals surface area contributed by atoms with Crippen molar-refractivity contribution < 1.29 is 18.7 Å². The number of esters is 1. The molecule has 4 aromatic rings. The number of hydrogen-bond acceptors (Lipinski definition) is 4. The van der Waals surface area contributed by atoms with Crippen LogP contribution in [0.25, 0.3) is 5.70 Å². The van der Waals surface area contributed by atoms with Gasteiger partial charge in [0.1, 0.15) is 0 Å². The lowest BCUT2D eigenvalue weighted by molar-refractivity contribution is -0.142. The Morgan fingerprint density at radius 2 is 1.48 bits per heavy atom. The molecule has 4 nitrogen and oxygen atoms in total. The zero-order valence-corrected chi connectivity index (χ0v) is 24.5. The van der Waals surface area contributed by atoms with Crippen LogP contribution < -0.4 is 4.74 Å². The number of benzene rings is 4. The molecular formula is C37H40FNO3. The summed E-state index contributed by atoms with van der Waals surface area (Å²) < 4.78 is 24.3. The summed E-state index contributed by atoms with van der Waals surface area (Å²) in [5, 5.41) is 0. The Morgan fingerprint density at radius 3 is 2.07 bits per heavy atom. The summed E-state index contributed by atoms with van der Waals surface area (Å²) in [6, 6.07) is 36.9. The van der Waals surface area contributed by atoms with Gasteiger partial charge in [0.15, 0.2) is 18.2 Å². The van der Waals surface area contributed by atoms with Gasteiger partial charge in [-0.25, -0.2) is 9.18 Å². The van der Waals surface area contributed by atoms with Crippen molar-refractivity contribution in [1.82, 2.24) is 4.90 Å². The molecule has 0 unspecified atom stereocenters. The highest BCUT2D eigenvalue weighted by Gasteiger charge is 2.18. The van der Waals surface area contributed by atoms with Gasteiger partial charge in [-0.1, -0.05) is 110 Å². The van der Waals surface area contributed by atoms with Gasteiger partial charge in [-0.05, 0) is 60.1 Å². The Bertz CT molecular complexity index is 1370. The molecule has 0 saturated heterocycles. The number of rotatable bonds is 15. The Kier molecular flexibility index (Phi) is 11.8. The van der Waals surface area contributed by atoms with Gasteiger partial charge < -0.3 is 14.4 Å². The van der Waals surface area contributed by atoms with Gasteiger partial charge in [-0.2, -0.15) is 0 Å². The highest BCUT2D eigenvalue weighted by Crippen LogP contribution is 2.30. The van der Waals surface area contributed by atoms with Crippen LogP contribution in [0.5, 0.6) is 5.75 Å². The lowest BCUT2D eigenvalue weighted by Gasteiger charge is -2.30. The average molecular weight is 566 g/mol.